The molecule has 2 rings (SSSR count). The van der Waals surface area contributed by atoms with Crippen LogP contribution in [0.4, 0.5) is 0 Å². The van der Waals surface area contributed by atoms with Gasteiger partial charge in [0.2, 0.25) is 0 Å². The largest absolute Gasteiger partial charge is 0.379 e. The Morgan fingerprint density at radius 2 is 2.17 bits per heavy atom. The molecule has 1 unspecified atom stereocenters. The van der Waals surface area contributed by atoms with Gasteiger partial charge in [0.05, 0.1) is 32.2 Å². The Bertz CT molecular complexity index is 576. The second-order valence-electron chi connectivity index (χ2n) is 5.36. The highest BCUT2D eigenvalue weighted by molar-refractivity contribution is 6.35. The van der Waals surface area contributed by atoms with Crippen LogP contribution in [-0.4, -0.2) is 28.9 Å². The Kier molecular flexibility index (Phi) is 7.89. The Balaban J connectivity index is 1.90. The van der Waals surface area contributed by atoms with E-state index in [2.05, 4.69) is 11.9 Å². The summed E-state index contributed by atoms with van der Waals surface area (Å²) in [5, 5.41) is 1.24. The van der Waals surface area contributed by atoms with Gasteiger partial charge in [-0.25, -0.2) is 4.98 Å². The maximum Gasteiger partial charge on any atom is 0.0991 e. The summed E-state index contributed by atoms with van der Waals surface area (Å²) in [4.78, 5) is 4.06. The number of rotatable bonds is 10. The SMILES string of the molecule is CCCCOCC(Cn1ccnc1)OCc1ccc(Cl)cc1Cl. The molecule has 0 spiro atoms. The molecule has 1 aromatic carbocycles. The zero-order valence-corrected chi connectivity index (χ0v) is 14.8. The molecule has 2 aromatic rings. The van der Waals surface area contributed by atoms with Gasteiger partial charge in [-0.3, -0.25) is 0 Å². The maximum absolute atomic E-state index is 6.19. The highest BCUT2D eigenvalue weighted by Crippen LogP contribution is 2.22. The normalized spacial score (nSPS) is 12.5. The molecule has 0 aliphatic rings. The number of aromatic nitrogens is 2. The first-order valence-electron chi connectivity index (χ1n) is 7.78. The van der Waals surface area contributed by atoms with Crippen LogP contribution in [0.5, 0.6) is 0 Å². The second kappa shape index (κ2) is 9.93. The fourth-order valence-corrected chi connectivity index (χ4v) is 2.55. The molecule has 1 atom stereocenters. The van der Waals surface area contributed by atoms with Crippen LogP contribution in [0.2, 0.25) is 10.0 Å². The number of hydrogen-bond donors (Lipinski definition) is 0. The van der Waals surface area contributed by atoms with E-state index in [1.807, 2.05) is 22.9 Å². The van der Waals surface area contributed by atoms with Gasteiger partial charge in [0.25, 0.3) is 0 Å². The Hall–Kier alpha value is -1.07. The number of unbranched alkanes of at least 4 members (excludes halogenated alkanes) is 1. The van der Waals surface area contributed by atoms with Crippen LogP contribution >= 0.6 is 23.2 Å². The van der Waals surface area contributed by atoms with E-state index in [-0.39, 0.29) is 6.10 Å². The first kappa shape index (κ1) is 18.3. The van der Waals surface area contributed by atoms with E-state index in [0.717, 1.165) is 25.0 Å². The summed E-state index contributed by atoms with van der Waals surface area (Å²) < 4.78 is 13.7. The van der Waals surface area contributed by atoms with Crippen molar-refractivity contribution in [1.29, 1.82) is 0 Å². The molecule has 0 saturated carbocycles. The quantitative estimate of drug-likeness (QED) is 0.584. The van der Waals surface area contributed by atoms with Crippen molar-refractivity contribution in [2.45, 2.75) is 39.0 Å². The smallest absolute Gasteiger partial charge is 0.0991 e. The molecule has 4 nitrogen and oxygen atoms in total. The van der Waals surface area contributed by atoms with Gasteiger partial charge in [-0.1, -0.05) is 42.6 Å². The summed E-state index contributed by atoms with van der Waals surface area (Å²) in [5.74, 6) is 0. The Morgan fingerprint density at radius 1 is 1.30 bits per heavy atom. The van der Waals surface area contributed by atoms with E-state index < -0.39 is 0 Å². The number of nitrogens with zero attached hydrogens (tertiary/aromatic N) is 2. The van der Waals surface area contributed by atoms with Crippen molar-refractivity contribution in [2.24, 2.45) is 0 Å². The number of hydrogen-bond acceptors (Lipinski definition) is 3. The van der Waals surface area contributed by atoms with Crippen LogP contribution in [0.15, 0.2) is 36.9 Å². The molecule has 0 amide bonds. The van der Waals surface area contributed by atoms with Crippen molar-refractivity contribution in [1.82, 2.24) is 9.55 Å². The lowest BCUT2D eigenvalue weighted by Crippen LogP contribution is -2.25. The van der Waals surface area contributed by atoms with Gasteiger partial charge in [-0.2, -0.15) is 0 Å². The topological polar surface area (TPSA) is 36.3 Å². The van der Waals surface area contributed by atoms with Crippen LogP contribution in [0, 0.1) is 0 Å². The van der Waals surface area contributed by atoms with E-state index in [4.69, 9.17) is 32.7 Å². The first-order chi connectivity index (χ1) is 11.2. The summed E-state index contributed by atoms with van der Waals surface area (Å²) in [7, 11) is 0. The molecule has 0 bridgehead atoms. The van der Waals surface area contributed by atoms with E-state index in [1.54, 1.807) is 18.6 Å². The Morgan fingerprint density at radius 3 is 2.87 bits per heavy atom. The van der Waals surface area contributed by atoms with E-state index in [1.165, 1.54) is 0 Å². The van der Waals surface area contributed by atoms with Crippen LogP contribution < -0.4 is 0 Å². The van der Waals surface area contributed by atoms with Crippen LogP contribution in [0.3, 0.4) is 0 Å². The number of imidazole rings is 1. The number of benzene rings is 1. The van der Waals surface area contributed by atoms with E-state index in [0.29, 0.717) is 29.8 Å². The summed E-state index contributed by atoms with van der Waals surface area (Å²) in [6.45, 7) is 4.56. The summed E-state index contributed by atoms with van der Waals surface area (Å²) in [5.41, 5.74) is 0.917. The lowest BCUT2D eigenvalue weighted by molar-refractivity contribution is -0.0331. The van der Waals surface area contributed by atoms with Crippen LogP contribution in [-0.2, 0) is 22.6 Å². The predicted octanol–water partition coefficient (Wildman–Crippen LogP) is 4.59. The molecule has 0 saturated heterocycles. The van der Waals surface area contributed by atoms with E-state index >= 15 is 0 Å². The monoisotopic (exact) mass is 356 g/mol. The number of halogens is 2. The van der Waals surface area contributed by atoms with Crippen molar-refractivity contribution >= 4 is 23.2 Å². The molecule has 0 fully saturated rings. The van der Waals surface area contributed by atoms with Gasteiger partial charge in [-0.15, -0.1) is 0 Å². The third-order valence-electron chi connectivity index (χ3n) is 3.41. The standard InChI is InChI=1S/C17H22Cl2N2O2/c1-2-3-8-22-12-16(10-21-7-6-20-13-21)23-11-14-4-5-15(18)9-17(14)19/h4-7,9,13,16H,2-3,8,10-12H2,1H3. The van der Waals surface area contributed by atoms with Crippen molar-refractivity contribution in [3.8, 4) is 0 Å². The van der Waals surface area contributed by atoms with Crippen molar-refractivity contribution in [3.63, 3.8) is 0 Å². The lowest BCUT2D eigenvalue weighted by atomic mass is 10.2. The Labute approximate surface area is 147 Å². The lowest BCUT2D eigenvalue weighted by Gasteiger charge is -2.19. The molecular weight excluding hydrogens is 335 g/mol. The summed E-state index contributed by atoms with van der Waals surface area (Å²) in [6.07, 6.45) is 7.56. The molecule has 0 N–H and O–H groups in total. The molecule has 1 aromatic heterocycles. The summed E-state index contributed by atoms with van der Waals surface area (Å²) in [6, 6.07) is 5.43. The highest BCUT2D eigenvalue weighted by atomic mass is 35.5. The minimum absolute atomic E-state index is 0.0622. The minimum atomic E-state index is -0.0622. The maximum atomic E-state index is 6.19. The van der Waals surface area contributed by atoms with Crippen LogP contribution in [0.25, 0.3) is 0 Å². The van der Waals surface area contributed by atoms with Gasteiger partial charge >= 0.3 is 0 Å². The third-order valence-corrected chi connectivity index (χ3v) is 4.00. The number of ether oxygens (including phenoxy) is 2. The highest BCUT2D eigenvalue weighted by Gasteiger charge is 2.12. The average molecular weight is 357 g/mol. The van der Waals surface area contributed by atoms with Gasteiger partial charge < -0.3 is 14.0 Å². The molecule has 126 valence electrons. The van der Waals surface area contributed by atoms with Crippen LogP contribution in [0.1, 0.15) is 25.3 Å². The van der Waals surface area contributed by atoms with Gasteiger partial charge in [0, 0.05) is 29.0 Å². The second-order valence-corrected chi connectivity index (χ2v) is 6.20. The third kappa shape index (κ3) is 6.51. The zero-order valence-electron chi connectivity index (χ0n) is 13.3. The van der Waals surface area contributed by atoms with Crippen molar-refractivity contribution < 1.29 is 9.47 Å². The van der Waals surface area contributed by atoms with Gasteiger partial charge in [0.1, 0.15) is 0 Å². The zero-order chi connectivity index (χ0) is 16.5. The van der Waals surface area contributed by atoms with Gasteiger partial charge in [-0.05, 0) is 24.1 Å². The van der Waals surface area contributed by atoms with E-state index in [9.17, 15) is 0 Å². The fraction of sp³-hybridized carbons (Fsp3) is 0.471. The molecule has 23 heavy (non-hydrogen) atoms. The van der Waals surface area contributed by atoms with Gasteiger partial charge in [0.15, 0.2) is 0 Å². The molecule has 0 aliphatic carbocycles. The predicted molar refractivity (Wildman–Crippen MR) is 93.0 cm³/mol. The molecular formula is C17H22Cl2N2O2. The van der Waals surface area contributed by atoms with Crippen molar-refractivity contribution in [2.75, 3.05) is 13.2 Å². The minimum Gasteiger partial charge on any atom is -0.379 e. The van der Waals surface area contributed by atoms with Crippen molar-refractivity contribution in [3.05, 3.63) is 52.5 Å². The molecule has 6 heteroatoms. The molecule has 0 radical (unpaired) electrons. The first-order valence-corrected chi connectivity index (χ1v) is 8.53. The fourth-order valence-electron chi connectivity index (χ4n) is 2.09. The molecule has 0 aliphatic heterocycles. The summed E-state index contributed by atoms with van der Waals surface area (Å²) >= 11 is 12.1. The average Bonchev–Trinajstić information content (AvgIpc) is 3.03. The molecule has 1 heterocycles.